The van der Waals surface area contributed by atoms with Crippen LogP contribution >= 0.6 is 0 Å². The van der Waals surface area contributed by atoms with E-state index in [1.807, 2.05) is 6.92 Å². The standard InChI is InChI=1S/C9H21N3/c1-5-7-12(4)8-6-11-9(2)10-3/h5-8H2,1-4H3,(H,10,11). The lowest BCUT2D eigenvalue weighted by Gasteiger charge is -2.15. The van der Waals surface area contributed by atoms with Crippen molar-refractivity contribution in [1.29, 1.82) is 0 Å². The van der Waals surface area contributed by atoms with E-state index in [0.717, 1.165) is 18.9 Å². The lowest BCUT2D eigenvalue weighted by molar-refractivity contribution is 0.339. The van der Waals surface area contributed by atoms with Gasteiger partial charge in [-0.05, 0) is 26.9 Å². The SMILES string of the molecule is CCCN(C)CCNC(C)=NC. The molecule has 0 heterocycles. The first-order chi connectivity index (χ1) is 5.70. The van der Waals surface area contributed by atoms with Crippen LogP contribution in [0.1, 0.15) is 20.3 Å². The number of nitrogens with zero attached hydrogens (tertiary/aromatic N) is 2. The van der Waals surface area contributed by atoms with Gasteiger partial charge in [0.2, 0.25) is 0 Å². The Labute approximate surface area is 75.9 Å². The number of aliphatic imine (C=N–C) groups is 1. The van der Waals surface area contributed by atoms with Gasteiger partial charge in [0.25, 0.3) is 0 Å². The van der Waals surface area contributed by atoms with E-state index < -0.39 is 0 Å². The molecule has 0 unspecified atom stereocenters. The van der Waals surface area contributed by atoms with Crippen LogP contribution in [0.25, 0.3) is 0 Å². The summed E-state index contributed by atoms with van der Waals surface area (Å²) in [6.07, 6.45) is 1.22. The molecule has 0 bridgehead atoms. The van der Waals surface area contributed by atoms with Crippen LogP contribution in [-0.4, -0.2) is 44.5 Å². The zero-order valence-electron chi connectivity index (χ0n) is 8.72. The number of nitrogens with one attached hydrogen (secondary N) is 1. The van der Waals surface area contributed by atoms with Crippen LogP contribution in [-0.2, 0) is 0 Å². The fraction of sp³-hybridized carbons (Fsp3) is 0.889. The van der Waals surface area contributed by atoms with E-state index in [9.17, 15) is 0 Å². The molecule has 12 heavy (non-hydrogen) atoms. The number of hydrogen-bond donors (Lipinski definition) is 1. The smallest absolute Gasteiger partial charge is 0.0928 e. The van der Waals surface area contributed by atoms with Crippen molar-refractivity contribution in [3.8, 4) is 0 Å². The maximum absolute atomic E-state index is 4.02. The highest BCUT2D eigenvalue weighted by Gasteiger charge is 1.94. The van der Waals surface area contributed by atoms with E-state index in [0.29, 0.717) is 0 Å². The molecule has 0 aliphatic rings. The fourth-order valence-electron chi connectivity index (χ4n) is 1.00. The summed E-state index contributed by atoms with van der Waals surface area (Å²) in [5.41, 5.74) is 0. The van der Waals surface area contributed by atoms with Crippen LogP contribution in [0.2, 0.25) is 0 Å². The van der Waals surface area contributed by atoms with Crippen molar-refractivity contribution in [1.82, 2.24) is 10.2 Å². The van der Waals surface area contributed by atoms with Crippen molar-refractivity contribution in [2.75, 3.05) is 33.7 Å². The van der Waals surface area contributed by atoms with Crippen LogP contribution < -0.4 is 5.32 Å². The highest BCUT2D eigenvalue weighted by atomic mass is 15.1. The highest BCUT2D eigenvalue weighted by Crippen LogP contribution is 1.83. The summed E-state index contributed by atoms with van der Waals surface area (Å²) in [5.74, 6) is 1.01. The zero-order chi connectivity index (χ0) is 9.40. The minimum absolute atomic E-state index is 0.986. The van der Waals surface area contributed by atoms with Crippen LogP contribution in [0, 0.1) is 0 Å². The summed E-state index contributed by atoms with van der Waals surface area (Å²) in [5, 5.41) is 3.23. The van der Waals surface area contributed by atoms with Gasteiger partial charge in [-0.1, -0.05) is 6.92 Å². The Bertz CT molecular complexity index is 132. The lowest BCUT2D eigenvalue weighted by atomic mass is 10.4. The molecule has 0 aromatic heterocycles. The molecule has 0 rings (SSSR count). The van der Waals surface area contributed by atoms with Gasteiger partial charge in [-0.15, -0.1) is 0 Å². The molecule has 3 heteroatoms. The largest absolute Gasteiger partial charge is 0.373 e. The van der Waals surface area contributed by atoms with Crippen molar-refractivity contribution in [3.05, 3.63) is 0 Å². The van der Waals surface area contributed by atoms with Gasteiger partial charge in [-0.25, -0.2) is 0 Å². The third-order valence-corrected chi connectivity index (χ3v) is 1.82. The first kappa shape index (κ1) is 11.4. The third kappa shape index (κ3) is 6.16. The Hall–Kier alpha value is -0.570. The third-order valence-electron chi connectivity index (χ3n) is 1.82. The van der Waals surface area contributed by atoms with Crippen LogP contribution in [0.3, 0.4) is 0 Å². The Balaban J connectivity index is 3.30. The Morgan fingerprint density at radius 1 is 1.42 bits per heavy atom. The number of hydrogen-bond acceptors (Lipinski definition) is 2. The second-order valence-electron chi connectivity index (χ2n) is 3.04. The average molecular weight is 171 g/mol. The van der Waals surface area contributed by atoms with Crippen LogP contribution in [0.15, 0.2) is 4.99 Å². The van der Waals surface area contributed by atoms with Gasteiger partial charge >= 0.3 is 0 Å². The molecule has 0 aliphatic carbocycles. The topological polar surface area (TPSA) is 27.6 Å². The predicted molar refractivity (Wildman–Crippen MR) is 54.8 cm³/mol. The Morgan fingerprint density at radius 3 is 2.58 bits per heavy atom. The molecule has 0 radical (unpaired) electrons. The molecule has 1 N–H and O–H groups in total. The molecular formula is C9H21N3. The van der Waals surface area contributed by atoms with Crippen LogP contribution in [0.4, 0.5) is 0 Å². The fourth-order valence-corrected chi connectivity index (χ4v) is 1.00. The molecule has 0 amide bonds. The first-order valence-corrected chi connectivity index (χ1v) is 4.56. The molecule has 0 saturated heterocycles. The summed E-state index contributed by atoms with van der Waals surface area (Å²) in [6.45, 7) is 7.42. The second-order valence-corrected chi connectivity index (χ2v) is 3.04. The minimum Gasteiger partial charge on any atom is -0.373 e. The molecule has 0 aromatic carbocycles. The van der Waals surface area contributed by atoms with Crippen LogP contribution in [0.5, 0.6) is 0 Å². The van der Waals surface area contributed by atoms with Crippen molar-refractivity contribution in [2.45, 2.75) is 20.3 Å². The zero-order valence-corrected chi connectivity index (χ0v) is 8.72. The van der Waals surface area contributed by atoms with Gasteiger partial charge in [-0.3, -0.25) is 4.99 Å². The van der Waals surface area contributed by atoms with Gasteiger partial charge in [0.05, 0.1) is 5.84 Å². The van der Waals surface area contributed by atoms with Crippen molar-refractivity contribution < 1.29 is 0 Å². The van der Waals surface area contributed by atoms with Crippen molar-refractivity contribution in [3.63, 3.8) is 0 Å². The highest BCUT2D eigenvalue weighted by molar-refractivity contribution is 5.79. The molecule has 3 nitrogen and oxygen atoms in total. The first-order valence-electron chi connectivity index (χ1n) is 4.56. The van der Waals surface area contributed by atoms with Crippen molar-refractivity contribution >= 4 is 5.84 Å². The normalized spacial score (nSPS) is 12.2. The quantitative estimate of drug-likeness (QED) is 0.493. The number of likely N-dealkylation sites (N-methyl/N-ethyl adjacent to an activating group) is 1. The number of rotatable bonds is 5. The van der Waals surface area contributed by atoms with Gasteiger partial charge in [-0.2, -0.15) is 0 Å². The van der Waals surface area contributed by atoms with Crippen molar-refractivity contribution in [2.24, 2.45) is 4.99 Å². The van der Waals surface area contributed by atoms with E-state index in [2.05, 4.69) is 29.2 Å². The Morgan fingerprint density at radius 2 is 2.08 bits per heavy atom. The molecule has 0 fully saturated rings. The monoisotopic (exact) mass is 171 g/mol. The minimum atomic E-state index is 0.986. The lowest BCUT2D eigenvalue weighted by Crippen LogP contribution is -2.32. The van der Waals surface area contributed by atoms with E-state index in [-0.39, 0.29) is 0 Å². The molecule has 0 aromatic rings. The van der Waals surface area contributed by atoms with Gasteiger partial charge < -0.3 is 10.2 Å². The summed E-state index contributed by atoms with van der Waals surface area (Å²) in [4.78, 5) is 6.33. The molecule has 0 atom stereocenters. The number of amidine groups is 1. The maximum atomic E-state index is 4.02. The summed E-state index contributed by atoms with van der Waals surface area (Å²) >= 11 is 0. The Kier molecular flexibility index (Phi) is 6.76. The van der Waals surface area contributed by atoms with Gasteiger partial charge in [0.15, 0.2) is 0 Å². The van der Waals surface area contributed by atoms with E-state index in [4.69, 9.17) is 0 Å². The van der Waals surface area contributed by atoms with E-state index in [1.54, 1.807) is 7.05 Å². The second kappa shape index (κ2) is 7.10. The molecule has 0 spiro atoms. The van der Waals surface area contributed by atoms with E-state index in [1.165, 1.54) is 13.0 Å². The summed E-state index contributed by atoms with van der Waals surface area (Å²) in [7, 11) is 3.95. The van der Waals surface area contributed by atoms with Gasteiger partial charge in [0.1, 0.15) is 0 Å². The molecule has 0 aliphatic heterocycles. The predicted octanol–water partition coefficient (Wildman–Crippen LogP) is 0.966. The van der Waals surface area contributed by atoms with Gasteiger partial charge in [0, 0.05) is 20.1 Å². The average Bonchev–Trinajstić information content (AvgIpc) is 2.04. The summed E-state index contributed by atoms with van der Waals surface area (Å²) in [6, 6.07) is 0. The molecule has 0 saturated carbocycles. The van der Waals surface area contributed by atoms with E-state index >= 15 is 0 Å². The molecular weight excluding hydrogens is 150 g/mol. The molecule has 72 valence electrons. The summed E-state index contributed by atoms with van der Waals surface area (Å²) < 4.78 is 0. The maximum Gasteiger partial charge on any atom is 0.0928 e.